The highest BCUT2D eigenvalue weighted by Gasteiger charge is 2.31. The predicted octanol–water partition coefficient (Wildman–Crippen LogP) is 5.13. The number of rotatable bonds is 3. The number of ether oxygens (including phenoxy) is 1. The van der Waals surface area contributed by atoms with Crippen molar-refractivity contribution >= 4 is 11.6 Å². The zero-order valence-electron chi connectivity index (χ0n) is 10.0. The number of alkyl halides is 4. The predicted molar refractivity (Wildman–Crippen MR) is 68.1 cm³/mol. The van der Waals surface area contributed by atoms with Crippen molar-refractivity contribution in [1.29, 1.82) is 0 Å². The molecule has 0 amide bonds. The summed E-state index contributed by atoms with van der Waals surface area (Å²) in [6.07, 6.45) is -4.78. The molecule has 0 fully saturated rings. The zero-order valence-corrected chi connectivity index (χ0v) is 10.8. The van der Waals surface area contributed by atoms with Gasteiger partial charge in [0.25, 0.3) is 0 Å². The van der Waals surface area contributed by atoms with Crippen LogP contribution in [-0.2, 0) is 5.88 Å². The topological polar surface area (TPSA) is 9.23 Å². The van der Waals surface area contributed by atoms with Crippen LogP contribution < -0.4 is 4.74 Å². The molecular formula is C14H9ClF4O. The van der Waals surface area contributed by atoms with Crippen LogP contribution in [0.25, 0.3) is 11.1 Å². The molecule has 0 aromatic heterocycles. The second-order valence-corrected chi connectivity index (χ2v) is 4.26. The van der Waals surface area contributed by atoms with Crippen LogP contribution >= 0.6 is 11.6 Å². The Morgan fingerprint density at radius 1 is 1.05 bits per heavy atom. The molecule has 6 heteroatoms. The van der Waals surface area contributed by atoms with E-state index in [1.54, 1.807) is 6.07 Å². The van der Waals surface area contributed by atoms with Gasteiger partial charge in [0.1, 0.15) is 11.6 Å². The van der Waals surface area contributed by atoms with Gasteiger partial charge in [-0.3, -0.25) is 0 Å². The highest BCUT2D eigenvalue weighted by Crippen LogP contribution is 2.30. The fourth-order valence-electron chi connectivity index (χ4n) is 1.77. The van der Waals surface area contributed by atoms with E-state index in [-0.39, 0.29) is 22.6 Å². The smallest absolute Gasteiger partial charge is 0.406 e. The molecule has 106 valence electrons. The first kappa shape index (κ1) is 14.7. The molecule has 0 heterocycles. The van der Waals surface area contributed by atoms with Crippen molar-refractivity contribution in [2.24, 2.45) is 0 Å². The lowest BCUT2D eigenvalue weighted by Crippen LogP contribution is -2.17. The lowest BCUT2D eigenvalue weighted by Gasteiger charge is -2.11. The van der Waals surface area contributed by atoms with E-state index in [0.717, 1.165) is 12.1 Å². The van der Waals surface area contributed by atoms with Crippen LogP contribution in [0.5, 0.6) is 5.75 Å². The average Bonchev–Trinajstić information content (AvgIpc) is 2.37. The van der Waals surface area contributed by atoms with Gasteiger partial charge in [-0.1, -0.05) is 30.3 Å². The van der Waals surface area contributed by atoms with Crippen molar-refractivity contribution in [2.45, 2.75) is 12.2 Å². The summed E-state index contributed by atoms with van der Waals surface area (Å²) in [4.78, 5) is 0. The zero-order chi connectivity index (χ0) is 14.8. The molecular weight excluding hydrogens is 296 g/mol. The van der Waals surface area contributed by atoms with Gasteiger partial charge in [0, 0.05) is 11.1 Å². The molecule has 0 aliphatic heterocycles. The molecule has 2 aromatic carbocycles. The first-order valence-electron chi connectivity index (χ1n) is 5.60. The third-order valence-electron chi connectivity index (χ3n) is 2.60. The van der Waals surface area contributed by atoms with E-state index in [1.165, 1.54) is 24.3 Å². The molecule has 0 aliphatic carbocycles. The van der Waals surface area contributed by atoms with Crippen molar-refractivity contribution < 1.29 is 22.3 Å². The van der Waals surface area contributed by atoms with Gasteiger partial charge in [0.15, 0.2) is 0 Å². The van der Waals surface area contributed by atoms with Gasteiger partial charge in [-0.05, 0) is 17.7 Å². The molecule has 20 heavy (non-hydrogen) atoms. The summed E-state index contributed by atoms with van der Waals surface area (Å²) in [5.41, 5.74) is 0.748. The van der Waals surface area contributed by atoms with Gasteiger partial charge in [0.2, 0.25) is 0 Å². The summed E-state index contributed by atoms with van der Waals surface area (Å²) in [6, 6.07) is 9.72. The number of hydrogen-bond donors (Lipinski definition) is 0. The molecule has 0 unspecified atom stereocenters. The first-order valence-corrected chi connectivity index (χ1v) is 6.13. The van der Waals surface area contributed by atoms with Crippen molar-refractivity contribution in [1.82, 2.24) is 0 Å². The second kappa shape index (κ2) is 5.71. The van der Waals surface area contributed by atoms with Crippen molar-refractivity contribution in [2.75, 3.05) is 0 Å². The maximum Gasteiger partial charge on any atom is 0.573 e. The van der Waals surface area contributed by atoms with Crippen molar-refractivity contribution in [3.63, 3.8) is 0 Å². The SMILES string of the molecule is Fc1c(CCl)cccc1-c1cccc(OC(F)(F)F)c1. The van der Waals surface area contributed by atoms with Crippen molar-refractivity contribution in [3.05, 3.63) is 53.8 Å². The lowest BCUT2D eigenvalue weighted by atomic mass is 10.0. The van der Waals surface area contributed by atoms with Crippen LogP contribution in [0.4, 0.5) is 17.6 Å². The van der Waals surface area contributed by atoms with Gasteiger partial charge in [-0.2, -0.15) is 0 Å². The molecule has 2 rings (SSSR count). The Bertz CT molecular complexity index is 610. The normalized spacial score (nSPS) is 11.4. The van der Waals surface area contributed by atoms with E-state index in [1.807, 2.05) is 0 Å². The Balaban J connectivity index is 2.41. The van der Waals surface area contributed by atoms with E-state index in [2.05, 4.69) is 4.74 Å². The third kappa shape index (κ3) is 3.42. The molecule has 0 N–H and O–H groups in total. The Morgan fingerprint density at radius 2 is 1.75 bits per heavy atom. The van der Waals surface area contributed by atoms with Gasteiger partial charge in [-0.15, -0.1) is 24.8 Å². The molecule has 2 aromatic rings. The average molecular weight is 305 g/mol. The second-order valence-electron chi connectivity index (χ2n) is 3.99. The maximum absolute atomic E-state index is 14.1. The van der Waals surface area contributed by atoms with E-state index in [0.29, 0.717) is 0 Å². The van der Waals surface area contributed by atoms with Gasteiger partial charge in [-0.25, -0.2) is 4.39 Å². The summed E-state index contributed by atoms with van der Waals surface area (Å²) in [6.45, 7) is 0. The quantitative estimate of drug-likeness (QED) is 0.564. The molecule has 0 saturated carbocycles. The van der Waals surface area contributed by atoms with Gasteiger partial charge in [0.05, 0.1) is 5.88 Å². The molecule has 0 bridgehead atoms. The summed E-state index contributed by atoms with van der Waals surface area (Å²) >= 11 is 5.60. The van der Waals surface area contributed by atoms with E-state index < -0.39 is 17.9 Å². The molecule has 0 saturated heterocycles. The van der Waals surface area contributed by atoms with E-state index in [9.17, 15) is 17.6 Å². The summed E-state index contributed by atoms with van der Waals surface area (Å²) in [5, 5.41) is 0. The van der Waals surface area contributed by atoms with E-state index >= 15 is 0 Å². The summed E-state index contributed by atoms with van der Waals surface area (Å²) < 4.78 is 54.4. The minimum Gasteiger partial charge on any atom is -0.406 e. The highest BCUT2D eigenvalue weighted by atomic mass is 35.5. The lowest BCUT2D eigenvalue weighted by molar-refractivity contribution is -0.274. The fourth-order valence-corrected chi connectivity index (χ4v) is 1.97. The summed E-state index contributed by atoms with van der Waals surface area (Å²) in [5.74, 6) is -0.962. The van der Waals surface area contributed by atoms with Crippen LogP contribution in [0, 0.1) is 5.82 Å². The largest absolute Gasteiger partial charge is 0.573 e. The summed E-state index contributed by atoms with van der Waals surface area (Å²) in [7, 11) is 0. The number of halogens is 5. The molecule has 0 radical (unpaired) electrons. The Kier molecular flexibility index (Phi) is 4.18. The third-order valence-corrected chi connectivity index (χ3v) is 2.89. The minimum absolute atomic E-state index is 0.0155. The Labute approximate surface area is 117 Å². The van der Waals surface area contributed by atoms with Crippen LogP contribution in [-0.4, -0.2) is 6.36 Å². The standard InChI is InChI=1S/C14H9ClF4O/c15-8-10-4-2-6-12(13(10)16)9-3-1-5-11(7-9)20-14(17,18)19/h1-7H,8H2. The first-order chi connectivity index (χ1) is 9.40. The van der Waals surface area contributed by atoms with Gasteiger partial charge >= 0.3 is 6.36 Å². The Hall–Kier alpha value is -1.75. The van der Waals surface area contributed by atoms with Gasteiger partial charge < -0.3 is 4.74 Å². The fraction of sp³-hybridized carbons (Fsp3) is 0.143. The van der Waals surface area contributed by atoms with E-state index in [4.69, 9.17) is 11.6 Å². The molecule has 1 nitrogen and oxygen atoms in total. The van der Waals surface area contributed by atoms with Crippen molar-refractivity contribution in [3.8, 4) is 16.9 Å². The van der Waals surface area contributed by atoms with Crippen LogP contribution in [0.2, 0.25) is 0 Å². The molecule has 0 aliphatic rings. The minimum atomic E-state index is -4.78. The highest BCUT2D eigenvalue weighted by molar-refractivity contribution is 6.17. The van der Waals surface area contributed by atoms with Crippen LogP contribution in [0.3, 0.4) is 0 Å². The number of hydrogen-bond acceptors (Lipinski definition) is 1. The van der Waals surface area contributed by atoms with Crippen LogP contribution in [0.1, 0.15) is 5.56 Å². The Morgan fingerprint density at radius 3 is 2.40 bits per heavy atom. The number of benzene rings is 2. The monoisotopic (exact) mass is 304 g/mol. The maximum atomic E-state index is 14.1. The molecule has 0 spiro atoms. The van der Waals surface area contributed by atoms with Crippen LogP contribution in [0.15, 0.2) is 42.5 Å². The molecule has 0 atom stereocenters.